The standard InChI is InChI=1S/C14H20N2O3/c1-9(2)11(13(15)17)16-14(18)12(19-3)10-7-5-4-6-8-10/h4-9,11-12H,1-3H3,(H2,15,17)(H,16,18)/t11-,12+/m0/s1. The number of nitrogens with two attached hydrogens (primary N) is 1. The summed E-state index contributed by atoms with van der Waals surface area (Å²) in [6, 6.07) is 8.39. The highest BCUT2D eigenvalue weighted by atomic mass is 16.5. The van der Waals surface area contributed by atoms with Crippen molar-refractivity contribution < 1.29 is 14.3 Å². The molecular formula is C14H20N2O3. The van der Waals surface area contributed by atoms with E-state index in [9.17, 15) is 9.59 Å². The average molecular weight is 264 g/mol. The summed E-state index contributed by atoms with van der Waals surface area (Å²) >= 11 is 0. The molecule has 1 aromatic carbocycles. The number of benzene rings is 1. The fourth-order valence-electron chi connectivity index (χ4n) is 1.82. The normalized spacial score (nSPS) is 13.9. The van der Waals surface area contributed by atoms with E-state index < -0.39 is 18.1 Å². The maximum atomic E-state index is 12.2. The third-order valence-corrected chi connectivity index (χ3v) is 2.85. The fraction of sp³-hybridized carbons (Fsp3) is 0.429. The van der Waals surface area contributed by atoms with Crippen molar-refractivity contribution in [2.24, 2.45) is 11.7 Å². The Bertz CT molecular complexity index is 432. The van der Waals surface area contributed by atoms with Crippen LogP contribution >= 0.6 is 0 Å². The van der Waals surface area contributed by atoms with Crippen molar-refractivity contribution in [2.45, 2.75) is 26.0 Å². The number of methoxy groups -OCH3 is 1. The molecule has 0 aliphatic carbocycles. The van der Waals surface area contributed by atoms with Gasteiger partial charge in [-0.05, 0) is 11.5 Å². The molecule has 0 bridgehead atoms. The first-order chi connectivity index (χ1) is 8.97. The lowest BCUT2D eigenvalue weighted by molar-refractivity contribution is -0.135. The van der Waals surface area contributed by atoms with Crippen LogP contribution in [-0.2, 0) is 14.3 Å². The van der Waals surface area contributed by atoms with Gasteiger partial charge in [0.2, 0.25) is 5.91 Å². The molecule has 0 aliphatic heterocycles. The van der Waals surface area contributed by atoms with Gasteiger partial charge in [0.15, 0.2) is 6.10 Å². The number of carbonyl (C=O) groups excluding carboxylic acids is 2. The predicted octanol–water partition coefficient (Wildman–Crippen LogP) is 1.00. The van der Waals surface area contributed by atoms with Gasteiger partial charge in [0.05, 0.1) is 0 Å². The van der Waals surface area contributed by atoms with Crippen LogP contribution in [0.15, 0.2) is 30.3 Å². The molecule has 0 saturated heterocycles. The van der Waals surface area contributed by atoms with Gasteiger partial charge in [-0.25, -0.2) is 0 Å². The van der Waals surface area contributed by atoms with Gasteiger partial charge in [0.25, 0.3) is 5.91 Å². The van der Waals surface area contributed by atoms with Crippen molar-refractivity contribution in [1.82, 2.24) is 5.32 Å². The number of hydrogen-bond acceptors (Lipinski definition) is 3. The zero-order valence-corrected chi connectivity index (χ0v) is 11.4. The highest BCUT2D eigenvalue weighted by Gasteiger charge is 2.27. The van der Waals surface area contributed by atoms with E-state index in [0.717, 1.165) is 5.56 Å². The molecule has 0 aliphatic rings. The molecule has 0 heterocycles. The minimum absolute atomic E-state index is 0.0743. The van der Waals surface area contributed by atoms with Gasteiger partial charge in [-0.3, -0.25) is 9.59 Å². The molecule has 1 rings (SSSR count). The highest BCUT2D eigenvalue weighted by Crippen LogP contribution is 2.17. The minimum atomic E-state index is -0.748. The Labute approximate surface area is 113 Å². The van der Waals surface area contributed by atoms with E-state index in [1.54, 1.807) is 12.1 Å². The van der Waals surface area contributed by atoms with Crippen LogP contribution in [0, 0.1) is 5.92 Å². The van der Waals surface area contributed by atoms with E-state index >= 15 is 0 Å². The largest absolute Gasteiger partial charge is 0.368 e. The maximum Gasteiger partial charge on any atom is 0.254 e. The van der Waals surface area contributed by atoms with Crippen LogP contribution in [0.3, 0.4) is 0 Å². The molecule has 2 amide bonds. The lowest BCUT2D eigenvalue weighted by Crippen LogP contribution is -2.49. The van der Waals surface area contributed by atoms with Crippen LogP contribution in [0.25, 0.3) is 0 Å². The second-order valence-electron chi connectivity index (χ2n) is 4.66. The minimum Gasteiger partial charge on any atom is -0.368 e. The first kappa shape index (κ1) is 15.2. The number of carbonyl (C=O) groups is 2. The van der Waals surface area contributed by atoms with Crippen LogP contribution in [0.4, 0.5) is 0 Å². The summed E-state index contributed by atoms with van der Waals surface area (Å²) < 4.78 is 5.19. The number of ether oxygens (including phenoxy) is 1. The van der Waals surface area contributed by atoms with Crippen molar-refractivity contribution >= 4 is 11.8 Å². The van der Waals surface area contributed by atoms with Gasteiger partial charge in [-0.1, -0.05) is 44.2 Å². The van der Waals surface area contributed by atoms with E-state index in [2.05, 4.69) is 5.32 Å². The molecule has 104 valence electrons. The van der Waals surface area contributed by atoms with Gasteiger partial charge in [-0.2, -0.15) is 0 Å². The van der Waals surface area contributed by atoms with Gasteiger partial charge < -0.3 is 15.8 Å². The Morgan fingerprint density at radius 1 is 1.21 bits per heavy atom. The second-order valence-corrected chi connectivity index (χ2v) is 4.66. The third-order valence-electron chi connectivity index (χ3n) is 2.85. The number of hydrogen-bond donors (Lipinski definition) is 2. The van der Waals surface area contributed by atoms with Gasteiger partial charge >= 0.3 is 0 Å². The van der Waals surface area contributed by atoms with Gasteiger partial charge in [0, 0.05) is 7.11 Å². The SMILES string of the molecule is CO[C@@H](C(=O)N[C@H](C(N)=O)C(C)C)c1ccccc1. The molecule has 2 atom stereocenters. The van der Waals surface area contributed by atoms with Crippen molar-refractivity contribution in [2.75, 3.05) is 7.11 Å². The summed E-state index contributed by atoms with van der Waals surface area (Å²) in [4.78, 5) is 23.4. The quantitative estimate of drug-likeness (QED) is 0.804. The Morgan fingerprint density at radius 2 is 1.79 bits per heavy atom. The van der Waals surface area contributed by atoms with E-state index in [4.69, 9.17) is 10.5 Å². The first-order valence-electron chi connectivity index (χ1n) is 6.14. The number of rotatable bonds is 6. The van der Waals surface area contributed by atoms with Gasteiger partial charge in [-0.15, -0.1) is 0 Å². The Balaban J connectivity index is 2.83. The molecule has 5 heteroatoms. The van der Waals surface area contributed by atoms with E-state index in [0.29, 0.717) is 0 Å². The summed E-state index contributed by atoms with van der Waals surface area (Å²) in [6.45, 7) is 3.64. The molecule has 0 saturated carbocycles. The topological polar surface area (TPSA) is 81.4 Å². The zero-order valence-electron chi connectivity index (χ0n) is 11.4. The summed E-state index contributed by atoms with van der Waals surface area (Å²) in [7, 11) is 1.45. The Kier molecular flexibility index (Phi) is 5.51. The Morgan fingerprint density at radius 3 is 2.21 bits per heavy atom. The van der Waals surface area contributed by atoms with Crippen molar-refractivity contribution in [3.8, 4) is 0 Å². The average Bonchev–Trinajstić information content (AvgIpc) is 2.37. The van der Waals surface area contributed by atoms with Crippen LogP contribution in [0.2, 0.25) is 0 Å². The third kappa shape index (κ3) is 4.06. The molecule has 3 N–H and O–H groups in total. The Hall–Kier alpha value is -1.88. The number of primary amides is 1. The lowest BCUT2D eigenvalue weighted by atomic mass is 10.0. The molecule has 1 aromatic rings. The number of nitrogens with one attached hydrogen (secondary N) is 1. The monoisotopic (exact) mass is 264 g/mol. The zero-order chi connectivity index (χ0) is 14.4. The highest BCUT2D eigenvalue weighted by molar-refractivity contribution is 5.89. The molecule has 5 nitrogen and oxygen atoms in total. The molecule has 0 radical (unpaired) electrons. The fourth-order valence-corrected chi connectivity index (χ4v) is 1.82. The molecule has 0 aromatic heterocycles. The van der Waals surface area contributed by atoms with E-state index in [1.807, 2.05) is 32.0 Å². The molecule has 0 unspecified atom stereocenters. The van der Waals surface area contributed by atoms with Crippen molar-refractivity contribution in [3.05, 3.63) is 35.9 Å². The van der Waals surface area contributed by atoms with Crippen LogP contribution in [0.5, 0.6) is 0 Å². The maximum absolute atomic E-state index is 12.2. The van der Waals surface area contributed by atoms with Gasteiger partial charge in [0.1, 0.15) is 6.04 Å². The smallest absolute Gasteiger partial charge is 0.254 e. The molecule has 19 heavy (non-hydrogen) atoms. The molecular weight excluding hydrogens is 244 g/mol. The molecule has 0 spiro atoms. The van der Waals surface area contributed by atoms with E-state index in [1.165, 1.54) is 7.11 Å². The van der Waals surface area contributed by atoms with Crippen molar-refractivity contribution in [3.63, 3.8) is 0 Å². The van der Waals surface area contributed by atoms with E-state index in [-0.39, 0.29) is 11.8 Å². The summed E-state index contributed by atoms with van der Waals surface area (Å²) in [5, 5.41) is 2.63. The van der Waals surface area contributed by atoms with Crippen LogP contribution < -0.4 is 11.1 Å². The predicted molar refractivity (Wildman–Crippen MR) is 72.2 cm³/mol. The number of amides is 2. The van der Waals surface area contributed by atoms with Crippen LogP contribution in [-0.4, -0.2) is 25.0 Å². The van der Waals surface area contributed by atoms with Crippen LogP contribution in [0.1, 0.15) is 25.5 Å². The summed E-state index contributed by atoms with van der Waals surface area (Å²) in [5.74, 6) is -0.993. The lowest BCUT2D eigenvalue weighted by Gasteiger charge is -2.22. The first-order valence-corrected chi connectivity index (χ1v) is 6.14. The summed E-state index contributed by atoms with van der Waals surface area (Å²) in [6.07, 6.45) is -0.748. The molecule has 0 fully saturated rings. The van der Waals surface area contributed by atoms with Crippen molar-refractivity contribution in [1.29, 1.82) is 0 Å². The second kappa shape index (κ2) is 6.89. The summed E-state index contributed by atoms with van der Waals surface area (Å²) in [5.41, 5.74) is 6.00.